The van der Waals surface area contributed by atoms with Gasteiger partial charge in [-0.2, -0.15) is 0 Å². The molecule has 5 rings (SSSR count). The van der Waals surface area contributed by atoms with Crippen molar-refractivity contribution in [1.29, 1.82) is 0 Å². The normalized spacial score (nSPS) is 29.4. The Hall–Kier alpha value is -1.51. The standard InChI is InChI=1S/C18H18ClNO/c19-15-6-7-16(21-18-10-17(20,11-18)12-18)14(9-15)8-13-4-2-1-3-5-13/h1-7,9H,8,10-12,20H2. The van der Waals surface area contributed by atoms with Crippen LogP contribution in [0.2, 0.25) is 5.02 Å². The number of rotatable bonds is 4. The number of nitrogens with two attached hydrogens (primary N) is 1. The molecule has 0 saturated heterocycles. The van der Waals surface area contributed by atoms with Gasteiger partial charge >= 0.3 is 0 Å². The lowest BCUT2D eigenvalue weighted by Gasteiger charge is -2.67. The molecule has 3 fully saturated rings. The van der Waals surface area contributed by atoms with E-state index in [1.165, 1.54) is 5.56 Å². The molecule has 3 aliphatic carbocycles. The second-order valence-electron chi connectivity index (χ2n) is 6.59. The molecule has 0 spiro atoms. The molecular formula is C18H18ClNO. The van der Waals surface area contributed by atoms with Gasteiger partial charge < -0.3 is 10.5 Å². The van der Waals surface area contributed by atoms with Gasteiger partial charge in [0.25, 0.3) is 0 Å². The summed E-state index contributed by atoms with van der Waals surface area (Å²) in [7, 11) is 0. The van der Waals surface area contributed by atoms with E-state index in [9.17, 15) is 0 Å². The first-order valence-corrected chi connectivity index (χ1v) is 7.74. The van der Waals surface area contributed by atoms with E-state index < -0.39 is 0 Å². The third-order valence-corrected chi connectivity index (χ3v) is 4.84. The monoisotopic (exact) mass is 299 g/mol. The Bertz CT molecular complexity index is 663. The van der Waals surface area contributed by atoms with E-state index in [4.69, 9.17) is 22.1 Å². The lowest BCUT2D eigenvalue weighted by molar-refractivity contribution is -0.186. The molecule has 2 nitrogen and oxygen atoms in total. The molecule has 0 heterocycles. The molecule has 2 N–H and O–H groups in total. The van der Waals surface area contributed by atoms with Crippen molar-refractivity contribution in [2.45, 2.75) is 36.8 Å². The summed E-state index contributed by atoms with van der Waals surface area (Å²) in [4.78, 5) is 0. The number of hydrogen-bond acceptors (Lipinski definition) is 2. The Morgan fingerprint density at radius 3 is 2.43 bits per heavy atom. The summed E-state index contributed by atoms with van der Waals surface area (Å²) in [6, 6.07) is 16.3. The maximum atomic E-state index is 6.29. The zero-order valence-corrected chi connectivity index (χ0v) is 12.6. The molecule has 2 bridgehead atoms. The summed E-state index contributed by atoms with van der Waals surface area (Å²) in [5, 5.41) is 0.751. The van der Waals surface area contributed by atoms with Crippen LogP contribution in [0.15, 0.2) is 48.5 Å². The SMILES string of the molecule is NC12CC(Oc3ccc(Cl)cc3Cc3ccccc3)(C1)C2. The maximum absolute atomic E-state index is 6.29. The van der Waals surface area contributed by atoms with Crippen LogP contribution in [0.3, 0.4) is 0 Å². The zero-order valence-electron chi connectivity index (χ0n) is 11.8. The van der Waals surface area contributed by atoms with Crippen LogP contribution in [0.5, 0.6) is 5.75 Å². The highest BCUT2D eigenvalue weighted by Gasteiger charge is 2.68. The molecular weight excluding hydrogens is 282 g/mol. The van der Waals surface area contributed by atoms with Gasteiger partial charge in [0.1, 0.15) is 11.4 Å². The smallest absolute Gasteiger partial charge is 0.123 e. The van der Waals surface area contributed by atoms with Crippen LogP contribution in [0.1, 0.15) is 30.4 Å². The first-order valence-electron chi connectivity index (χ1n) is 7.36. The predicted octanol–water partition coefficient (Wildman–Crippen LogP) is 3.94. The van der Waals surface area contributed by atoms with E-state index >= 15 is 0 Å². The molecule has 21 heavy (non-hydrogen) atoms. The van der Waals surface area contributed by atoms with E-state index in [2.05, 4.69) is 24.3 Å². The molecule has 0 radical (unpaired) electrons. The molecule has 3 heteroatoms. The molecule has 0 amide bonds. The third-order valence-electron chi connectivity index (χ3n) is 4.61. The minimum absolute atomic E-state index is 0.00594. The van der Waals surface area contributed by atoms with E-state index in [0.717, 1.165) is 42.0 Å². The van der Waals surface area contributed by atoms with Gasteiger partial charge in [0.15, 0.2) is 0 Å². The molecule has 3 aliphatic rings. The summed E-state index contributed by atoms with van der Waals surface area (Å²) in [5.41, 5.74) is 8.57. The van der Waals surface area contributed by atoms with Crippen LogP contribution >= 0.6 is 11.6 Å². The van der Waals surface area contributed by atoms with Gasteiger partial charge in [-0.3, -0.25) is 0 Å². The highest BCUT2D eigenvalue weighted by atomic mass is 35.5. The van der Waals surface area contributed by atoms with E-state index in [-0.39, 0.29) is 11.1 Å². The molecule has 2 aromatic rings. The lowest BCUT2D eigenvalue weighted by atomic mass is 9.46. The number of ether oxygens (including phenoxy) is 1. The van der Waals surface area contributed by atoms with E-state index in [1.54, 1.807) is 0 Å². The van der Waals surface area contributed by atoms with Gasteiger partial charge in [-0.05, 0) is 29.3 Å². The van der Waals surface area contributed by atoms with Crippen molar-refractivity contribution in [2.75, 3.05) is 0 Å². The van der Waals surface area contributed by atoms with Crippen LogP contribution in [0.4, 0.5) is 0 Å². The molecule has 0 atom stereocenters. The quantitative estimate of drug-likeness (QED) is 0.928. The van der Waals surface area contributed by atoms with E-state index in [1.807, 2.05) is 24.3 Å². The Kier molecular flexibility index (Phi) is 2.82. The van der Waals surface area contributed by atoms with Crippen LogP contribution in [0.25, 0.3) is 0 Å². The van der Waals surface area contributed by atoms with Gasteiger partial charge in [0, 0.05) is 36.2 Å². The lowest BCUT2D eigenvalue weighted by Crippen LogP contribution is -2.78. The average molecular weight is 300 g/mol. The Balaban J connectivity index is 1.59. The first kappa shape index (κ1) is 13.2. The summed E-state index contributed by atoms with van der Waals surface area (Å²) < 4.78 is 6.29. The van der Waals surface area contributed by atoms with Crippen LogP contribution in [-0.2, 0) is 6.42 Å². The topological polar surface area (TPSA) is 35.2 Å². The number of hydrogen-bond donors (Lipinski definition) is 1. The number of benzene rings is 2. The van der Waals surface area contributed by atoms with Crippen LogP contribution in [-0.4, -0.2) is 11.1 Å². The fourth-order valence-corrected chi connectivity index (χ4v) is 3.91. The summed E-state index contributed by atoms with van der Waals surface area (Å²) in [6.45, 7) is 0. The second kappa shape index (κ2) is 4.49. The van der Waals surface area contributed by atoms with Crippen LogP contribution < -0.4 is 10.5 Å². The van der Waals surface area contributed by atoms with Crippen molar-refractivity contribution in [3.63, 3.8) is 0 Å². The third kappa shape index (κ3) is 2.33. The Labute approximate surface area is 129 Å². The second-order valence-corrected chi connectivity index (χ2v) is 7.03. The van der Waals surface area contributed by atoms with Crippen molar-refractivity contribution in [3.8, 4) is 5.75 Å². The Morgan fingerprint density at radius 1 is 1.05 bits per heavy atom. The summed E-state index contributed by atoms with van der Waals surface area (Å²) in [5.74, 6) is 0.949. The largest absolute Gasteiger partial charge is 0.487 e. The highest BCUT2D eigenvalue weighted by molar-refractivity contribution is 6.30. The average Bonchev–Trinajstić information content (AvgIpc) is 2.40. The minimum atomic E-state index is -0.00594. The predicted molar refractivity (Wildman–Crippen MR) is 84.8 cm³/mol. The van der Waals surface area contributed by atoms with Crippen molar-refractivity contribution in [2.24, 2.45) is 5.73 Å². The summed E-state index contributed by atoms with van der Waals surface area (Å²) >= 11 is 6.16. The van der Waals surface area contributed by atoms with Crippen molar-refractivity contribution >= 4 is 11.6 Å². The molecule has 0 unspecified atom stereocenters. The summed E-state index contributed by atoms with van der Waals surface area (Å²) in [6.07, 6.45) is 3.77. The first-order chi connectivity index (χ1) is 10.1. The maximum Gasteiger partial charge on any atom is 0.123 e. The molecule has 0 aliphatic heterocycles. The molecule has 108 valence electrons. The fraction of sp³-hybridized carbons (Fsp3) is 0.333. The molecule has 3 saturated carbocycles. The van der Waals surface area contributed by atoms with Crippen molar-refractivity contribution in [3.05, 3.63) is 64.7 Å². The van der Waals surface area contributed by atoms with Gasteiger partial charge in [-0.25, -0.2) is 0 Å². The van der Waals surface area contributed by atoms with Crippen molar-refractivity contribution < 1.29 is 4.74 Å². The van der Waals surface area contributed by atoms with E-state index in [0.29, 0.717) is 0 Å². The fourth-order valence-electron chi connectivity index (χ4n) is 3.71. The Morgan fingerprint density at radius 2 is 1.76 bits per heavy atom. The minimum Gasteiger partial charge on any atom is -0.487 e. The van der Waals surface area contributed by atoms with Gasteiger partial charge in [-0.15, -0.1) is 0 Å². The van der Waals surface area contributed by atoms with Crippen LogP contribution in [0, 0.1) is 0 Å². The van der Waals surface area contributed by atoms with Gasteiger partial charge in [0.2, 0.25) is 0 Å². The van der Waals surface area contributed by atoms with Gasteiger partial charge in [0.05, 0.1) is 0 Å². The van der Waals surface area contributed by atoms with Crippen molar-refractivity contribution in [1.82, 2.24) is 0 Å². The number of halogens is 1. The highest BCUT2D eigenvalue weighted by Crippen LogP contribution is 2.61. The zero-order chi connectivity index (χ0) is 14.5. The molecule has 0 aromatic heterocycles. The van der Waals surface area contributed by atoms with Gasteiger partial charge in [-0.1, -0.05) is 41.9 Å². The molecule has 2 aromatic carbocycles.